The molecule has 2 rings (SSSR count). The molecule has 1 fully saturated rings. The van der Waals surface area contributed by atoms with Crippen LogP contribution in [0.5, 0.6) is 0 Å². The van der Waals surface area contributed by atoms with Crippen LogP contribution in [0.25, 0.3) is 0 Å². The maximum atomic E-state index is 13.0. The van der Waals surface area contributed by atoms with Crippen LogP contribution in [0.15, 0.2) is 12.4 Å². The van der Waals surface area contributed by atoms with Crippen molar-refractivity contribution in [2.75, 3.05) is 11.4 Å². The van der Waals surface area contributed by atoms with E-state index in [1.54, 1.807) is 0 Å². The van der Waals surface area contributed by atoms with Crippen LogP contribution in [0.3, 0.4) is 0 Å². The van der Waals surface area contributed by atoms with Crippen molar-refractivity contribution in [1.29, 1.82) is 0 Å². The summed E-state index contributed by atoms with van der Waals surface area (Å²) in [7, 11) is 0. The lowest BCUT2D eigenvalue weighted by molar-refractivity contribution is 0.496. The molecule has 2 heterocycles. The molecule has 1 aliphatic heterocycles. The highest BCUT2D eigenvalue weighted by molar-refractivity contribution is 5.40. The first kappa shape index (κ1) is 10.3. The second-order valence-electron chi connectivity index (χ2n) is 4.13. The molecule has 2 unspecified atom stereocenters. The molecule has 0 amide bonds. The summed E-state index contributed by atoms with van der Waals surface area (Å²) in [6.45, 7) is 5.37. The standard InChI is InChI=1S/C11H16FN3/c1-3-9-8(2)4-5-15(9)11-6-10(12)13-7-14-11/h6-9H,3-5H2,1-2H3. The molecule has 0 bridgehead atoms. The summed E-state index contributed by atoms with van der Waals surface area (Å²) in [5.74, 6) is 0.932. The molecular weight excluding hydrogens is 193 g/mol. The Labute approximate surface area is 89.3 Å². The summed E-state index contributed by atoms with van der Waals surface area (Å²) in [6, 6.07) is 1.90. The predicted molar refractivity (Wildman–Crippen MR) is 57.2 cm³/mol. The highest BCUT2D eigenvalue weighted by Crippen LogP contribution is 2.29. The molecule has 1 aliphatic rings. The van der Waals surface area contributed by atoms with Crippen LogP contribution in [-0.4, -0.2) is 22.6 Å². The Morgan fingerprint density at radius 1 is 1.53 bits per heavy atom. The first-order valence-corrected chi connectivity index (χ1v) is 5.46. The van der Waals surface area contributed by atoms with Gasteiger partial charge in [-0.1, -0.05) is 13.8 Å². The molecular formula is C11H16FN3. The van der Waals surface area contributed by atoms with E-state index in [1.165, 1.54) is 12.4 Å². The average Bonchev–Trinajstić information content (AvgIpc) is 2.59. The highest BCUT2D eigenvalue weighted by atomic mass is 19.1. The Morgan fingerprint density at radius 2 is 2.33 bits per heavy atom. The van der Waals surface area contributed by atoms with Crippen LogP contribution in [0.2, 0.25) is 0 Å². The van der Waals surface area contributed by atoms with Crippen molar-refractivity contribution in [3.63, 3.8) is 0 Å². The largest absolute Gasteiger partial charge is 0.353 e. The van der Waals surface area contributed by atoms with Crippen molar-refractivity contribution in [3.05, 3.63) is 18.3 Å². The van der Waals surface area contributed by atoms with Gasteiger partial charge >= 0.3 is 0 Å². The lowest BCUT2D eigenvalue weighted by Gasteiger charge is -2.26. The van der Waals surface area contributed by atoms with Crippen LogP contribution < -0.4 is 4.90 Å². The molecule has 0 spiro atoms. The molecule has 1 saturated heterocycles. The summed E-state index contributed by atoms with van der Waals surface area (Å²) < 4.78 is 13.0. The molecule has 0 radical (unpaired) electrons. The number of nitrogens with zero attached hydrogens (tertiary/aromatic N) is 3. The minimum atomic E-state index is -0.450. The molecule has 3 nitrogen and oxygen atoms in total. The zero-order valence-electron chi connectivity index (χ0n) is 9.15. The molecule has 1 aromatic heterocycles. The Bertz CT molecular complexity index is 342. The summed E-state index contributed by atoms with van der Waals surface area (Å²) in [5.41, 5.74) is 0. The summed E-state index contributed by atoms with van der Waals surface area (Å²) in [5, 5.41) is 0. The van der Waals surface area contributed by atoms with E-state index in [4.69, 9.17) is 0 Å². The average molecular weight is 209 g/mol. The zero-order chi connectivity index (χ0) is 10.8. The van der Waals surface area contributed by atoms with Gasteiger partial charge < -0.3 is 4.90 Å². The van der Waals surface area contributed by atoms with E-state index in [0.717, 1.165) is 25.2 Å². The van der Waals surface area contributed by atoms with E-state index < -0.39 is 5.95 Å². The number of hydrogen-bond donors (Lipinski definition) is 0. The lowest BCUT2D eigenvalue weighted by Crippen LogP contribution is -2.32. The fraction of sp³-hybridized carbons (Fsp3) is 0.636. The van der Waals surface area contributed by atoms with Gasteiger partial charge in [0.15, 0.2) is 0 Å². The molecule has 82 valence electrons. The van der Waals surface area contributed by atoms with Crippen LogP contribution >= 0.6 is 0 Å². The summed E-state index contributed by atoms with van der Waals surface area (Å²) in [4.78, 5) is 9.80. The quantitative estimate of drug-likeness (QED) is 0.699. The van der Waals surface area contributed by atoms with Crippen molar-refractivity contribution in [3.8, 4) is 0 Å². The van der Waals surface area contributed by atoms with Crippen molar-refractivity contribution in [2.45, 2.75) is 32.7 Å². The number of aromatic nitrogens is 2. The zero-order valence-corrected chi connectivity index (χ0v) is 9.15. The van der Waals surface area contributed by atoms with Crippen molar-refractivity contribution in [1.82, 2.24) is 9.97 Å². The third kappa shape index (κ3) is 1.94. The second-order valence-corrected chi connectivity index (χ2v) is 4.13. The van der Waals surface area contributed by atoms with Gasteiger partial charge in [0.25, 0.3) is 0 Å². The normalized spacial score (nSPS) is 25.9. The molecule has 0 N–H and O–H groups in total. The third-order valence-electron chi connectivity index (χ3n) is 3.21. The smallest absolute Gasteiger partial charge is 0.218 e. The number of anilines is 1. The van der Waals surface area contributed by atoms with Gasteiger partial charge in [-0.2, -0.15) is 4.39 Å². The molecule has 4 heteroatoms. The fourth-order valence-corrected chi connectivity index (χ4v) is 2.40. The predicted octanol–water partition coefficient (Wildman–Crippen LogP) is 2.24. The molecule has 1 aromatic rings. The molecule has 2 atom stereocenters. The van der Waals surface area contributed by atoms with Gasteiger partial charge in [0.2, 0.25) is 5.95 Å². The first-order chi connectivity index (χ1) is 7.22. The van der Waals surface area contributed by atoms with Gasteiger partial charge in [-0.3, -0.25) is 0 Å². The van der Waals surface area contributed by atoms with Crippen molar-refractivity contribution < 1.29 is 4.39 Å². The van der Waals surface area contributed by atoms with Gasteiger partial charge in [-0.05, 0) is 18.8 Å². The minimum absolute atomic E-state index is 0.450. The molecule has 0 saturated carbocycles. The maximum absolute atomic E-state index is 13.0. The SMILES string of the molecule is CCC1C(C)CCN1c1cc(F)ncn1. The van der Waals surface area contributed by atoms with Crippen LogP contribution in [0, 0.1) is 11.9 Å². The fourth-order valence-electron chi connectivity index (χ4n) is 2.40. The van der Waals surface area contributed by atoms with E-state index in [2.05, 4.69) is 28.7 Å². The van der Waals surface area contributed by atoms with Crippen LogP contribution in [0.1, 0.15) is 26.7 Å². The highest BCUT2D eigenvalue weighted by Gasteiger charge is 2.30. The Hall–Kier alpha value is -1.19. The second kappa shape index (κ2) is 4.13. The number of halogens is 1. The van der Waals surface area contributed by atoms with E-state index in [1.807, 2.05) is 0 Å². The van der Waals surface area contributed by atoms with Gasteiger partial charge in [0.05, 0.1) is 0 Å². The monoisotopic (exact) mass is 209 g/mol. The Balaban J connectivity index is 2.23. The topological polar surface area (TPSA) is 29.0 Å². The molecule has 0 aromatic carbocycles. The lowest BCUT2D eigenvalue weighted by atomic mass is 10.0. The molecule has 0 aliphatic carbocycles. The van der Waals surface area contributed by atoms with E-state index >= 15 is 0 Å². The number of hydrogen-bond acceptors (Lipinski definition) is 3. The Kier molecular flexibility index (Phi) is 2.84. The van der Waals surface area contributed by atoms with Crippen LogP contribution in [-0.2, 0) is 0 Å². The van der Waals surface area contributed by atoms with Crippen molar-refractivity contribution in [2.24, 2.45) is 5.92 Å². The third-order valence-corrected chi connectivity index (χ3v) is 3.21. The molecule has 15 heavy (non-hydrogen) atoms. The van der Waals surface area contributed by atoms with Gasteiger partial charge in [0.1, 0.15) is 12.1 Å². The van der Waals surface area contributed by atoms with Crippen LogP contribution in [0.4, 0.5) is 10.2 Å². The Morgan fingerprint density at radius 3 is 3.00 bits per heavy atom. The minimum Gasteiger partial charge on any atom is -0.353 e. The van der Waals surface area contributed by atoms with Gasteiger partial charge in [-0.15, -0.1) is 0 Å². The number of rotatable bonds is 2. The first-order valence-electron chi connectivity index (χ1n) is 5.46. The summed E-state index contributed by atoms with van der Waals surface area (Å²) in [6.07, 6.45) is 3.53. The van der Waals surface area contributed by atoms with Gasteiger partial charge in [0, 0.05) is 18.7 Å². The summed E-state index contributed by atoms with van der Waals surface area (Å²) >= 11 is 0. The van der Waals surface area contributed by atoms with E-state index in [9.17, 15) is 4.39 Å². The van der Waals surface area contributed by atoms with Crippen molar-refractivity contribution >= 4 is 5.82 Å². The van der Waals surface area contributed by atoms with E-state index in [-0.39, 0.29) is 0 Å². The maximum Gasteiger partial charge on any atom is 0.218 e. The van der Waals surface area contributed by atoms with E-state index in [0.29, 0.717) is 12.0 Å². The van der Waals surface area contributed by atoms with Gasteiger partial charge in [-0.25, -0.2) is 9.97 Å².